The fraction of sp³-hybridized carbons (Fsp3) is 0.556. The molecule has 0 saturated carbocycles. The molecule has 0 spiro atoms. The average molecular weight is 353 g/mol. The first-order valence-electron chi connectivity index (χ1n) is 8.50. The summed E-state index contributed by atoms with van der Waals surface area (Å²) in [6.07, 6.45) is 1.72. The lowest BCUT2D eigenvalue weighted by atomic mass is 10.0. The molecular formula is C18H25ClN2O3. The Labute approximate surface area is 148 Å². The number of piperazine rings is 1. The lowest BCUT2D eigenvalue weighted by Crippen LogP contribution is -2.52. The molecule has 0 aromatic heterocycles. The Balaban J connectivity index is 1.80. The van der Waals surface area contributed by atoms with Gasteiger partial charge in [0.25, 0.3) is 5.91 Å². The number of amides is 2. The van der Waals surface area contributed by atoms with Gasteiger partial charge in [-0.1, -0.05) is 37.6 Å². The van der Waals surface area contributed by atoms with Crippen molar-refractivity contribution in [1.29, 1.82) is 0 Å². The third-order valence-corrected chi connectivity index (χ3v) is 4.78. The van der Waals surface area contributed by atoms with E-state index in [0.29, 0.717) is 37.0 Å². The minimum atomic E-state index is -0.0791. The number of carbonyl (C=O) groups is 2. The highest BCUT2D eigenvalue weighted by atomic mass is 35.5. The van der Waals surface area contributed by atoms with Gasteiger partial charge in [0, 0.05) is 32.1 Å². The normalized spacial score (nSPS) is 14.8. The van der Waals surface area contributed by atoms with Crippen molar-refractivity contribution in [3.63, 3.8) is 0 Å². The Bertz CT molecular complexity index is 567. The predicted octanol–water partition coefficient (Wildman–Crippen LogP) is 2.83. The zero-order valence-electron chi connectivity index (χ0n) is 14.3. The summed E-state index contributed by atoms with van der Waals surface area (Å²) in [5, 5.41) is 0.492. The van der Waals surface area contributed by atoms with Crippen molar-refractivity contribution in [3.05, 3.63) is 29.3 Å². The van der Waals surface area contributed by atoms with Gasteiger partial charge in [-0.3, -0.25) is 9.59 Å². The van der Waals surface area contributed by atoms with Crippen LogP contribution in [0.1, 0.15) is 26.7 Å². The molecule has 0 aliphatic carbocycles. The molecule has 0 radical (unpaired) electrons. The van der Waals surface area contributed by atoms with Crippen LogP contribution in [-0.4, -0.2) is 54.4 Å². The van der Waals surface area contributed by atoms with Gasteiger partial charge >= 0.3 is 0 Å². The van der Waals surface area contributed by atoms with Crippen molar-refractivity contribution < 1.29 is 14.3 Å². The van der Waals surface area contributed by atoms with Crippen LogP contribution in [-0.2, 0) is 9.59 Å². The minimum Gasteiger partial charge on any atom is -0.482 e. The van der Waals surface area contributed by atoms with E-state index in [1.807, 2.05) is 30.9 Å². The van der Waals surface area contributed by atoms with Gasteiger partial charge in [0.15, 0.2) is 6.61 Å². The first kappa shape index (κ1) is 18.6. The van der Waals surface area contributed by atoms with Crippen LogP contribution in [0, 0.1) is 5.92 Å². The lowest BCUT2D eigenvalue weighted by Gasteiger charge is -2.36. The Kier molecular flexibility index (Phi) is 6.91. The van der Waals surface area contributed by atoms with E-state index in [-0.39, 0.29) is 24.3 Å². The summed E-state index contributed by atoms with van der Waals surface area (Å²) in [5.41, 5.74) is 0. The molecule has 132 valence electrons. The van der Waals surface area contributed by atoms with Crippen LogP contribution in [0.25, 0.3) is 0 Å². The van der Waals surface area contributed by atoms with Crippen molar-refractivity contribution >= 4 is 23.4 Å². The van der Waals surface area contributed by atoms with Crippen molar-refractivity contribution in [2.24, 2.45) is 5.92 Å². The van der Waals surface area contributed by atoms with E-state index in [4.69, 9.17) is 16.3 Å². The fourth-order valence-electron chi connectivity index (χ4n) is 2.86. The number of halogens is 1. The van der Waals surface area contributed by atoms with E-state index in [2.05, 4.69) is 0 Å². The summed E-state index contributed by atoms with van der Waals surface area (Å²) < 4.78 is 5.50. The highest BCUT2D eigenvalue weighted by molar-refractivity contribution is 6.32. The molecule has 0 atom stereocenters. The summed E-state index contributed by atoms with van der Waals surface area (Å²) in [7, 11) is 0. The van der Waals surface area contributed by atoms with Crippen LogP contribution in [0.2, 0.25) is 5.02 Å². The molecule has 2 amide bonds. The van der Waals surface area contributed by atoms with E-state index in [9.17, 15) is 9.59 Å². The second-order valence-electron chi connectivity index (χ2n) is 5.94. The van der Waals surface area contributed by atoms with Crippen LogP contribution < -0.4 is 4.74 Å². The molecular weight excluding hydrogens is 328 g/mol. The van der Waals surface area contributed by atoms with E-state index >= 15 is 0 Å². The lowest BCUT2D eigenvalue weighted by molar-refractivity contribution is -0.143. The first-order chi connectivity index (χ1) is 11.6. The van der Waals surface area contributed by atoms with Crippen molar-refractivity contribution in [1.82, 2.24) is 9.80 Å². The van der Waals surface area contributed by atoms with Crippen molar-refractivity contribution in [2.75, 3.05) is 32.8 Å². The Morgan fingerprint density at radius 2 is 1.67 bits per heavy atom. The van der Waals surface area contributed by atoms with Gasteiger partial charge in [-0.25, -0.2) is 0 Å². The quantitative estimate of drug-likeness (QED) is 0.791. The molecule has 6 heteroatoms. The van der Waals surface area contributed by atoms with Gasteiger partial charge in [0.05, 0.1) is 5.02 Å². The van der Waals surface area contributed by atoms with Gasteiger partial charge in [-0.15, -0.1) is 0 Å². The van der Waals surface area contributed by atoms with Gasteiger partial charge in [-0.2, -0.15) is 0 Å². The summed E-state index contributed by atoms with van der Waals surface area (Å²) in [4.78, 5) is 28.2. The number of ether oxygens (including phenoxy) is 1. The first-order valence-corrected chi connectivity index (χ1v) is 8.88. The summed E-state index contributed by atoms with van der Waals surface area (Å²) in [6.45, 7) is 6.33. The molecule has 2 rings (SSSR count). The number of rotatable bonds is 6. The van der Waals surface area contributed by atoms with Gasteiger partial charge < -0.3 is 14.5 Å². The number of benzene rings is 1. The minimum absolute atomic E-state index is 0.0375. The third-order valence-electron chi connectivity index (χ3n) is 4.47. The SMILES string of the molecule is CCC(CC)C(=O)N1CCN(C(=O)COc2ccccc2Cl)CC1. The monoisotopic (exact) mass is 352 g/mol. The van der Waals surface area contributed by atoms with Crippen LogP contribution in [0.3, 0.4) is 0 Å². The Morgan fingerprint density at radius 1 is 1.08 bits per heavy atom. The van der Waals surface area contributed by atoms with Crippen LogP contribution in [0.5, 0.6) is 5.75 Å². The molecule has 1 heterocycles. The maximum absolute atomic E-state index is 12.4. The zero-order chi connectivity index (χ0) is 17.5. The van der Waals surface area contributed by atoms with E-state index in [1.165, 1.54) is 0 Å². The van der Waals surface area contributed by atoms with E-state index in [0.717, 1.165) is 12.8 Å². The van der Waals surface area contributed by atoms with Crippen LogP contribution in [0.4, 0.5) is 0 Å². The highest BCUT2D eigenvalue weighted by Gasteiger charge is 2.27. The van der Waals surface area contributed by atoms with Gasteiger partial charge in [0.2, 0.25) is 5.91 Å². The molecule has 0 bridgehead atoms. The highest BCUT2D eigenvalue weighted by Crippen LogP contribution is 2.23. The molecule has 1 fully saturated rings. The molecule has 1 saturated heterocycles. The molecule has 0 unspecified atom stereocenters. The average Bonchev–Trinajstić information content (AvgIpc) is 2.62. The van der Waals surface area contributed by atoms with Crippen molar-refractivity contribution in [3.8, 4) is 5.75 Å². The topological polar surface area (TPSA) is 49.9 Å². The largest absolute Gasteiger partial charge is 0.482 e. The number of para-hydroxylation sites is 1. The Hall–Kier alpha value is -1.75. The van der Waals surface area contributed by atoms with Gasteiger partial charge in [0.1, 0.15) is 5.75 Å². The molecule has 5 nitrogen and oxygen atoms in total. The second kappa shape index (κ2) is 8.92. The van der Waals surface area contributed by atoms with Crippen molar-refractivity contribution in [2.45, 2.75) is 26.7 Å². The predicted molar refractivity (Wildman–Crippen MR) is 94.2 cm³/mol. The summed E-state index contributed by atoms with van der Waals surface area (Å²) >= 11 is 6.01. The second-order valence-corrected chi connectivity index (χ2v) is 6.35. The third kappa shape index (κ3) is 4.63. The zero-order valence-corrected chi connectivity index (χ0v) is 15.1. The van der Waals surface area contributed by atoms with E-state index < -0.39 is 0 Å². The smallest absolute Gasteiger partial charge is 0.260 e. The molecule has 1 aromatic rings. The van der Waals surface area contributed by atoms with Crippen LogP contribution >= 0.6 is 11.6 Å². The van der Waals surface area contributed by atoms with E-state index in [1.54, 1.807) is 17.0 Å². The summed E-state index contributed by atoms with van der Waals surface area (Å²) in [6, 6.07) is 7.09. The molecule has 0 N–H and O–H groups in total. The molecule has 24 heavy (non-hydrogen) atoms. The number of hydrogen-bond acceptors (Lipinski definition) is 3. The van der Waals surface area contributed by atoms with Gasteiger partial charge in [-0.05, 0) is 25.0 Å². The maximum Gasteiger partial charge on any atom is 0.260 e. The number of carbonyl (C=O) groups excluding carboxylic acids is 2. The number of hydrogen-bond donors (Lipinski definition) is 0. The molecule has 1 aliphatic heterocycles. The Morgan fingerprint density at radius 3 is 2.25 bits per heavy atom. The molecule has 1 aliphatic rings. The van der Waals surface area contributed by atoms with Crippen LogP contribution in [0.15, 0.2) is 24.3 Å². The maximum atomic E-state index is 12.4. The summed E-state index contributed by atoms with van der Waals surface area (Å²) in [5.74, 6) is 0.731. The number of nitrogens with zero attached hydrogens (tertiary/aromatic N) is 2. The standard InChI is InChI=1S/C18H25ClN2O3/c1-3-14(4-2)18(23)21-11-9-20(10-12-21)17(22)13-24-16-8-6-5-7-15(16)19/h5-8,14H,3-4,9-13H2,1-2H3. The fourth-order valence-corrected chi connectivity index (χ4v) is 3.06. The molecule has 1 aromatic carbocycles.